The van der Waals surface area contributed by atoms with Crippen LogP contribution in [0.3, 0.4) is 0 Å². The van der Waals surface area contributed by atoms with Gasteiger partial charge < -0.3 is 4.74 Å². The van der Waals surface area contributed by atoms with Crippen molar-refractivity contribution in [1.82, 2.24) is 0 Å². The van der Waals surface area contributed by atoms with Gasteiger partial charge in [0.05, 0.1) is 12.9 Å². The third-order valence-electron chi connectivity index (χ3n) is 2.41. The zero-order valence-corrected chi connectivity index (χ0v) is 11.5. The second kappa shape index (κ2) is 5.40. The maximum atomic E-state index is 11.6. The number of anilines is 1. The highest BCUT2D eigenvalue weighted by Crippen LogP contribution is 2.27. The van der Waals surface area contributed by atoms with Crippen molar-refractivity contribution < 1.29 is 13.2 Å². The van der Waals surface area contributed by atoms with E-state index in [0.717, 1.165) is 16.9 Å². The van der Waals surface area contributed by atoms with E-state index in [2.05, 4.69) is 4.72 Å². The van der Waals surface area contributed by atoms with Crippen LogP contribution in [0.25, 0.3) is 0 Å². The lowest BCUT2D eigenvalue weighted by molar-refractivity contribution is 0.408. The van der Waals surface area contributed by atoms with E-state index in [4.69, 9.17) is 4.74 Å². The summed E-state index contributed by atoms with van der Waals surface area (Å²) in [6, 6.07) is 3.55. The molecular formula is C12H19NO3S. The first-order valence-electron chi connectivity index (χ1n) is 5.55. The Bertz CT molecular complexity index is 471. The number of sulfonamides is 1. The van der Waals surface area contributed by atoms with Crippen LogP contribution in [0.5, 0.6) is 5.75 Å². The molecule has 5 heteroatoms. The summed E-state index contributed by atoms with van der Waals surface area (Å²) in [4.78, 5) is 0. The number of hydrogen-bond acceptors (Lipinski definition) is 3. The average molecular weight is 257 g/mol. The van der Waals surface area contributed by atoms with Crippen molar-refractivity contribution in [3.8, 4) is 5.75 Å². The van der Waals surface area contributed by atoms with Crippen molar-refractivity contribution >= 4 is 15.7 Å². The summed E-state index contributed by atoms with van der Waals surface area (Å²) in [6.45, 7) is 5.62. The lowest BCUT2D eigenvalue weighted by Crippen LogP contribution is -2.16. The molecule has 0 saturated carbocycles. The number of hydrogen-bond donors (Lipinski definition) is 1. The molecule has 0 aliphatic heterocycles. The molecule has 0 fully saturated rings. The van der Waals surface area contributed by atoms with Crippen LogP contribution in [0.2, 0.25) is 0 Å². The molecule has 0 unspecified atom stereocenters. The summed E-state index contributed by atoms with van der Waals surface area (Å²) in [5.74, 6) is 0.931. The van der Waals surface area contributed by atoms with Gasteiger partial charge in [-0.1, -0.05) is 6.92 Å². The average Bonchev–Trinajstić information content (AvgIpc) is 2.15. The molecule has 0 spiro atoms. The molecule has 96 valence electrons. The van der Waals surface area contributed by atoms with Gasteiger partial charge in [0.2, 0.25) is 10.0 Å². The highest BCUT2D eigenvalue weighted by Gasteiger charge is 2.11. The molecule has 0 bridgehead atoms. The number of ether oxygens (including phenoxy) is 1. The smallest absolute Gasteiger partial charge is 0.232 e. The number of nitrogens with one attached hydrogen (secondary N) is 1. The molecule has 0 amide bonds. The van der Waals surface area contributed by atoms with E-state index >= 15 is 0 Å². The first-order valence-corrected chi connectivity index (χ1v) is 7.20. The Morgan fingerprint density at radius 1 is 1.24 bits per heavy atom. The molecule has 1 rings (SSSR count). The van der Waals surface area contributed by atoms with Crippen molar-refractivity contribution in [3.05, 3.63) is 23.3 Å². The lowest BCUT2D eigenvalue weighted by atomic mass is 10.1. The normalized spacial score (nSPS) is 11.3. The van der Waals surface area contributed by atoms with Crippen LogP contribution in [-0.4, -0.2) is 21.3 Å². The fraction of sp³-hybridized carbons (Fsp3) is 0.500. The largest absolute Gasteiger partial charge is 0.496 e. The van der Waals surface area contributed by atoms with Crippen LogP contribution < -0.4 is 9.46 Å². The molecule has 1 aromatic rings. The lowest BCUT2D eigenvalue weighted by Gasteiger charge is -2.12. The molecule has 0 heterocycles. The number of methoxy groups -OCH3 is 1. The van der Waals surface area contributed by atoms with Crippen LogP contribution in [0.4, 0.5) is 5.69 Å². The predicted octanol–water partition coefficient (Wildman–Crippen LogP) is 2.46. The second-order valence-corrected chi connectivity index (χ2v) is 5.91. The van der Waals surface area contributed by atoms with E-state index < -0.39 is 10.0 Å². The molecule has 4 nitrogen and oxygen atoms in total. The standard InChI is InChI=1S/C12H19NO3S/c1-5-6-17(14,15)13-11-7-9(2)12(16-4)10(3)8-11/h7-8,13H,5-6H2,1-4H3. The molecule has 0 radical (unpaired) electrons. The molecule has 0 aliphatic rings. The van der Waals surface area contributed by atoms with Gasteiger partial charge in [0, 0.05) is 5.69 Å². The number of aryl methyl sites for hydroxylation is 2. The second-order valence-electron chi connectivity index (χ2n) is 4.06. The Kier molecular flexibility index (Phi) is 4.40. The Labute approximate surface area is 103 Å². The van der Waals surface area contributed by atoms with Gasteiger partial charge in [-0.25, -0.2) is 8.42 Å². The SMILES string of the molecule is CCCS(=O)(=O)Nc1cc(C)c(OC)c(C)c1. The molecule has 1 N–H and O–H groups in total. The van der Waals surface area contributed by atoms with Crippen LogP contribution in [0, 0.1) is 13.8 Å². The highest BCUT2D eigenvalue weighted by atomic mass is 32.2. The van der Waals surface area contributed by atoms with E-state index in [1.165, 1.54) is 0 Å². The van der Waals surface area contributed by atoms with E-state index in [1.54, 1.807) is 19.2 Å². The molecular weight excluding hydrogens is 238 g/mol. The first kappa shape index (κ1) is 13.8. The highest BCUT2D eigenvalue weighted by molar-refractivity contribution is 7.92. The van der Waals surface area contributed by atoms with E-state index in [-0.39, 0.29) is 5.75 Å². The summed E-state index contributed by atoms with van der Waals surface area (Å²) in [5, 5.41) is 0. The maximum Gasteiger partial charge on any atom is 0.232 e. The summed E-state index contributed by atoms with van der Waals surface area (Å²) in [5.41, 5.74) is 2.43. The van der Waals surface area contributed by atoms with Crippen LogP contribution >= 0.6 is 0 Å². The molecule has 0 atom stereocenters. The Morgan fingerprint density at radius 3 is 2.18 bits per heavy atom. The van der Waals surface area contributed by atoms with Gasteiger partial charge in [-0.05, 0) is 43.5 Å². The third-order valence-corrected chi connectivity index (χ3v) is 3.90. The maximum absolute atomic E-state index is 11.6. The van der Waals surface area contributed by atoms with E-state index in [0.29, 0.717) is 12.1 Å². The summed E-state index contributed by atoms with van der Waals surface area (Å²) < 4.78 is 31.1. The molecule has 0 aromatic heterocycles. The van der Waals surface area contributed by atoms with Gasteiger partial charge in [0.1, 0.15) is 5.75 Å². The van der Waals surface area contributed by atoms with Gasteiger partial charge in [0.25, 0.3) is 0 Å². The topological polar surface area (TPSA) is 55.4 Å². The third kappa shape index (κ3) is 3.63. The fourth-order valence-corrected chi connectivity index (χ4v) is 2.95. The zero-order chi connectivity index (χ0) is 13.1. The van der Waals surface area contributed by atoms with E-state index in [1.807, 2.05) is 20.8 Å². The monoisotopic (exact) mass is 257 g/mol. The van der Waals surface area contributed by atoms with Crippen LogP contribution in [0.1, 0.15) is 24.5 Å². The van der Waals surface area contributed by atoms with Crippen molar-refractivity contribution in [2.24, 2.45) is 0 Å². The number of rotatable bonds is 5. The number of benzene rings is 1. The summed E-state index contributed by atoms with van der Waals surface area (Å²) in [7, 11) is -1.62. The van der Waals surface area contributed by atoms with Gasteiger partial charge in [-0.3, -0.25) is 4.72 Å². The van der Waals surface area contributed by atoms with Crippen molar-refractivity contribution in [1.29, 1.82) is 0 Å². The van der Waals surface area contributed by atoms with Crippen molar-refractivity contribution in [2.45, 2.75) is 27.2 Å². The minimum atomic E-state index is -3.23. The Balaban J connectivity index is 3.02. The van der Waals surface area contributed by atoms with E-state index in [9.17, 15) is 8.42 Å². The zero-order valence-electron chi connectivity index (χ0n) is 10.7. The van der Waals surface area contributed by atoms with Gasteiger partial charge in [-0.15, -0.1) is 0 Å². The summed E-state index contributed by atoms with van der Waals surface area (Å²) in [6.07, 6.45) is 0.601. The summed E-state index contributed by atoms with van der Waals surface area (Å²) >= 11 is 0. The molecule has 1 aromatic carbocycles. The predicted molar refractivity (Wildman–Crippen MR) is 70.2 cm³/mol. The van der Waals surface area contributed by atoms with Gasteiger partial charge >= 0.3 is 0 Å². The fourth-order valence-electron chi connectivity index (χ4n) is 1.83. The Hall–Kier alpha value is -1.23. The molecule has 0 aliphatic carbocycles. The van der Waals surface area contributed by atoms with Gasteiger partial charge in [-0.2, -0.15) is 0 Å². The van der Waals surface area contributed by atoms with Gasteiger partial charge in [0.15, 0.2) is 0 Å². The molecule has 0 saturated heterocycles. The minimum Gasteiger partial charge on any atom is -0.496 e. The van der Waals surface area contributed by atoms with Crippen LogP contribution in [-0.2, 0) is 10.0 Å². The van der Waals surface area contributed by atoms with Crippen molar-refractivity contribution in [3.63, 3.8) is 0 Å². The Morgan fingerprint density at radius 2 is 1.76 bits per heavy atom. The minimum absolute atomic E-state index is 0.136. The first-order chi connectivity index (χ1) is 7.89. The molecule has 17 heavy (non-hydrogen) atoms. The quantitative estimate of drug-likeness (QED) is 0.881. The van der Waals surface area contributed by atoms with Crippen LogP contribution in [0.15, 0.2) is 12.1 Å². The van der Waals surface area contributed by atoms with Crippen molar-refractivity contribution in [2.75, 3.05) is 17.6 Å².